The molecule has 2 aromatic carbocycles. The summed E-state index contributed by atoms with van der Waals surface area (Å²) in [6.45, 7) is 4.26. The first-order valence-electron chi connectivity index (χ1n) is 8.51. The first kappa shape index (κ1) is 19.4. The van der Waals surface area contributed by atoms with Crippen molar-refractivity contribution < 1.29 is 9.59 Å². The maximum atomic E-state index is 12.4. The predicted octanol–water partition coefficient (Wildman–Crippen LogP) is 4.11. The van der Waals surface area contributed by atoms with Crippen molar-refractivity contribution in [2.75, 3.05) is 11.4 Å². The van der Waals surface area contributed by atoms with E-state index in [0.717, 1.165) is 16.8 Å². The number of nitrogens with one attached hydrogen (secondary N) is 1. The number of hydrogen-bond donors (Lipinski definition) is 1. The van der Waals surface area contributed by atoms with E-state index in [1.165, 1.54) is 6.21 Å². The van der Waals surface area contributed by atoms with Crippen LogP contribution in [-0.2, 0) is 9.59 Å². The SMILES string of the molecule is Cc1ccc(C)c(N2CC(C(=O)NN=Cc3c(Cl)cccc3Cl)CC2=O)c1. The van der Waals surface area contributed by atoms with E-state index in [4.69, 9.17) is 23.2 Å². The summed E-state index contributed by atoms with van der Waals surface area (Å²) in [6, 6.07) is 11.0. The minimum Gasteiger partial charge on any atom is -0.311 e. The molecule has 0 spiro atoms. The fraction of sp³-hybridized carbons (Fsp3) is 0.250. The fourth-order valence-corrected chi connectivity index (χ4v) is 3.51. The molecule has 27 heavy (non-hydrogen) atoms. The van der Waals surface area contributed by atoms with Gasteiger partial charge in [-0.1, -0.05) is 41.4 Å². The van der Waals surface area contributed by atoms with Crippen LogP contribution < -0.4 is 10.3 Å². The summed E-state index contributed by atoms with van der Waals surface area (Å²) < 4.78 is 0. The Morgan fingerprint density at radius 3 is 2.63 bits per heavy atom. The van der Waals surface area contributed by atoms with Crippen molar-refractivity contribution in [1.29, 1.82) is 0 Å². The maximum Gasteiger partial charge on any atom is 0.245 e. The van der Waals surface area contributed by atoms with Crippen LogP contribution in [-0.4, -0.2) is 24.6 Å². The summed E-state index contributed by atoms with van der Waals surface area (Å²) >= 11 is 12.1. The zero-order valence-corrected chi connectivity index (χ0v) is 16.5. The second-order valence-corrected chi connectivity index (χ2v) is 7.38. The van der Waals surface area contributed by atoms with E-state index in [1.807, 2.05) is 32.0 Å². The predicted molar refractivity (Wildman–Crippen MR) is 109 cm³/mol. The molecule has 0 bridgehead atoms. The van der Waals surface area contributed by atoms with Gasteiger partial charge in [-0.15, -0.1) is 0 Å². The molecule has 1 unspecified atom stereocenters. The number of aryl methyl sites for hydroxylation is 2. The van der Waals surface area contributed by atoms with E-state index in [9.17, 15) is 9.59 Å². The summed E-state index contributed by atoms with van der Waals surface area (Å²) in [5, 5.41) is 4.82. The molecule has 1 N–H and O–H groups in total. The number of benzene rings is 2. The van der Waals surface area contributed by atoms with Crippen molar-refractivity contribution in [1.82, 2.24) is 5.43 Å². The van der Waals surface area contributed by atoms with E-state index in [2.05, 4.69) is 10.5 Å². The third kappa shape index (κ3) is 4.31. The van der Waals surface area contributed by atoms with Crippen molar-refractivity contribution >= 4 is 46.9 Å². The Morgan fingerprint density at radius 2 is 1.93 bits per heavy atom. The normalized spacial score (nSPS) is 17.0. The summed E-state index contributed by atoms with van der Waals surface area (Å²) in [5.41, 5.74) is 5.93. The highest BCUT2D eigenvalue weighted by molar-refractivity contribution is 6.38. The van der Waals surface area contributed by atoms with E-state index in [1.54, 1.807) is 23.1 Å². The Kier molecular flexibility index (Phi) is 5.82. The molecular weight excluding hydrogens is 385 g/mol. The van der Waals surface area contributed by atoms with Gasteiger partial charge in [-0.25, -0.2) is 5.43 Å². The van der Waals surface area contributed by atoms with Gasteiger partial charge in [-0.3, -0.25) is 9.59 Å². The highest BCUT2D eigenvalue weighted by atomic mass is 35.5. The standard InChI is InChI=1S/C20H19Cl2N3O2/c1-12-6-7-13(2)18(8-12)25-11-14(9-19(25)26)20(27)24-23-10-15-16(21)4-3-5-17(15)22/h3-8,10,14H,9,11H2,1-2H3,(H,24,27). The largest absolute Gasteiger partial charge is 0.311 e. The third-order valence-corrected chi connectivity index (χ3v) is 5.18. The van der Waals surface area contributed by atoms with E-state index >= 15 is 0 Å². The zero-order valence-electron chi connectivity index (χ0n) is 15.0. The second kappa shape index (κ2) is 8.11. The van der Waals surface area contributed by atoms with Crippen LogP contribution in [0.3, 0.4) is 0 Å². The molecule has 0 aromatic heterocycles. The number of amides is 2. The number of rotatable bonds is 4. The molecule has 1 saturated heterocycles. The van der Waals surface area contributed by atoms with Gasteiger partial charge in [0.2, 0.25) is 11.8 Å². The minimum absolute atomic E-state index is 0.0676. The van der Waals surface area contributed by atoms with Gasteiger partial charge in [0.25, 0.3) is 0 Å². The molecule has 1 aliphatic rings. The lowest BCUT2D eigenvalue weighted by Gasteiger charge is -2.19. The molecular formula is C20H19Cl2N3O2. The van der Waals surface area contributed by atoms with Gasteiger partial charge in [0.1, 0.15) is 0 Å². The molecule has 0 aliphatic carbocycles. The highest BCUT2D eigenvalue weighted by Gasteiger charge is 2.35. The average Bonchev–Trinajstić information content (AvgIpc) is 3.01. The van der Waals surface area contributed by atoms with Gasteiger partial charge < -0.3 is 4.90 Å². The Morgan fingerprint density at radius 1 is 1.22 bits per heavy atom. The van der Waals surface area contributed by atoms with Crippen molar-refractivity contribution in [3.05, 3.63) is 63.1 Å². The summed E-state index contributed by atoms with van der Waals surface area (Å²) in [4.78, 5) is 26.5. The Labute approximate surface area is 168 Å². The van der Waals surface area contributed by atoms with Gasteiger partial charge in [-0.2, -0.15) is 5.10 Å². The Hall–Kier alpha value is -2.37. The van der Waals surface area contributed by atoms with Crippen LogP contribution in [0.4, 0.5) is 5.69 Å². The van der Waals surface area contributed by atoms with Crippen LogP contribution >= 0.6 is 23.2 Å². The van der Waals surface area contributed by atoms with Crippen LogP contribution in [0.1, 0.15) is 23.1 Å². The average molecular weight is 404 g/mol. The second-order valence-electron chi connectivity index (χ2n) is 6.56. The molecule has 1 aliphatic heterocycles. The number of anilines is 1. The van der Waals surface area contributed by atoms with E-state index in [0.29, 0.717) is 22.2 Å². The van der Waals surface area contributed by atoms with Gasteiger partial charge in [0.15, 0.2) is 0 Å². The molecule has 5 nitrogen and oxygen atoms in total. The first-order valence-corrected chi connectivity index (χ1v) is 9.27. The topological polar surface area (TPSA) is 61.8 Å². The lowest BCUT2D eigenvalue weighted by molar-refractivity contribution is -0.126. The number of carbonyl (C=O) groups excluding carboxylic acids is 2. The van der Waals surface area contributed by atoms with Crippen LogP contribution in [0.5, 0.6) is 0 Å². The smallest absolute Gasteiger partial charge is 0.245 e. The Balaban J connectivity index is 1.67. The number of nitrogens with zero attached hydrogens (tertiary/aromatic N) is 2. The number of hydrazone groups is 1. The Bertz CT molecular complexity index is 907. The minimum atomic E-state index is -0.462. The fourth-order valence-electron chi connectivity index (χ4n) is 3.01. The van der Waals surface area contributed by atoms with E-state index < -0.39 is 5.92 Å². The number of carbonyl (C=O) groups is 2. The van der Waals surface area contributed by atoms with Gasteiger partial charge in [0, 0.05) is 24.2 Å². The van der Waals surface area contributed by atoms with Gasteiger partial charge in [0.05, 0.1) is 22.2 Å². The summed E-state index contributed by atoms with van der Waals surface area (Å²) in [5.74, 6) is -0.839. The van der Waals surface area contributed by atoms with Crippen molar-refractivity contribution in [2.45, 2.75) is 20.3 Å². The van der Waals surface area contributed by atoms with Crippen LogP contribution in [0, 0.1) is 19.8 Å². The van der Waals surface area contributed by atoms with Crippen LogP contribution in [0.2, 0.25) is 10.0 Å². The maximum absolute atomic E-state index is 12.4. The van der Waals surface area contributed by atoms with Gasteiger partial charge in [-0.05, 0) is 43.2 Å². The molecule has 7 heteroatoms. The molecule has 1 fully saturated rings. The summed E-state index contributed by atoms with van der Waals surface area (Å²) in [7, 11) is 0. The number of halogens is 2. The summed E-state index contributed by atoms with van der Waals surface area (Å²) in [6.07, 6.45) is 1.56. The molecule has 0 radical (unpaired) electrons. The monoisotopic (exact) mass is 403 g/mol. The molecule has 2 amide bonds. The van der Waals surface area contributed by atoms with E-state index in [-0.39, 0.29) is 18.2 Å². The molecule has 1 atom stereocenters. The van der Waals surface area contributed by atoms with Crippen LogP contribution in [0.25, 0.3) is 0 Å². The molecule has 1 heterocycles. The van der Waals surface area contributed by atoms with Crippen molar-refractivity contribution in [3.63, 3.8) is 0 Å². The lowest BCUT2D eigenvalue weighted by atomic mass is 10.1. The first-order chi connectivity index (χ1) is 12.9. The number of hydrogen-bond acceptors (Lipinski definition) is 3. The lowest BCUT2D eigenvalue weighted by Crippen LogP contribution is -2.30. The molecule has 0 saturated carbocycles. The quantitative estimate of drug-likeness (QED) is 0.616. The zero-order chi connectivity index (χ0) is 19.6. The van der Waals surface area contributed by atoms with Crippen LogP contribution in [0.15, 0.2) is 41.5 Å². The highest BCUT2D eigenvalue weighted by Crippen LogP contribution is 2.29. The third-order valence-electron chi connectivity index (χ3n) is 4.52. The van der Waals surface area contributed by atoms with Gasteiger partial charge >= 0.3 is 0 Å². The van der Waals surface area contributed by atoms with Crippen molar-refractivity contribution in [3.8, 4) is 0 Å². The molecule has 2 aromatic rings. The molecule has 3 rings (SSSR count). The molecule has 140 valence electrons. The van der Waals surface area contributed by atoms with Crippen molar-refractivity contribution in [2.24, 2.45) is 11.0 Å².